The van der Waals surface area contributed by atoms with Gasteiger partial charge in [-0.3, -0.25) is 0 Å². The molecule has 3 heteroatoms. The molecule has 0 aromatic carbocycles. The van der Waals surface area contributed by atoms with Gasteiger partial charge in [0, 0.05) is 6.61 Å². The van der Waals surface area contributed by atoms with E-state index in [-0.39, 0.29) is 6.29 Å². The standard InChI is InChI=1S/C11H17NO2/c12-9-11(6-2-3-7-11)14-10-5-1-4-8-13-10/h10H,1-8H2/t10-/m0/s1. The van der Waals surface area contributed by atoms with Gasteiger partial charge in [-0.05, 0) is 44.9 Å². The van der Waals surface area contributed by atoms with Gasteiger partial charge in [0.1, 0.15) is 0 Å². The monoisotopic (exact) mass is 195 g/mol. The van der Waals surface area contributed by atoms with E-state index in [1.165, 1.54) is 0 Å². The van der Waals surface area contributed by atoms with Crippen LogP contribution in [-0.4, -0.2) is 18.5 Å². The SMILES string of the molecule is N#CC1(O[C@H]2CCCCO2)CCCC1. The highest BCUT2D eigenvalue weighted by atomic mass is 16.7. The minimum absolute atomic E-state index is 0.124. The third kappa shape index (κ3) is 2.08. The van der Waals surface area contributed by atoms with Crippen molar-refractivity contribution in [3.8, 4) is 6.07 Å². The summed E-state index contributed by atoms with van der Waals surface area (Å²) in [5.41, 5.74) is -0.526. The van der Waals surface area contributed by atoms with Gasteiger partial charge in [0.05, 0.1) is 6.07 Å². The summed E-state index contributed by atoms with van der Waals surface area (Å²) in [5, 5.41) is 9.12. The number of nitriles is 1. The molecule has 2 fully saturated rings. The second kappa shape index (κ2) is 4.29. The average Bonchev–Trinajstić information content (AvgIpc) is 2.69. The largest absolute Gasteiger partial charge is 0.353 e. The van der Waals surface area contributed by atoms with E-state index >= 15 is 0 Å². The Balaban J connectivity index is 1.90. The lowest BCUT2D eigenvalue weighted by molar-refractivity contribution is -0.207. The molecule has 1 saturated heterocycles. The van der Waals surface area contributed by atoms with Crippen molar-refractivity contribution in [2.75, 3.05) is 6.61 Å². The summed E-state index contributed by atoms with van der Waals surface area (Å²) in [5.74, 6) is 0. The summed E-state index contributed by atoms with van der Waals surface area (Å²) in [4.78, 5) is 0. The first-order valence-corrected chi connectivity index (χ1v) is 5.55. The van der Waals surface area contributed by atoms with Crippen molar-refractivity contribution in [3.05, 3.63) is 0 Å². The van der Waals surface area contributed by atoms with E-state index in [4.69, 9.17) is 14.7 Å². The predicted octanol–water partition coefficient (Wildman–Crippen LogP) is 2.37. The molecule has 14 heavy (non-hydrogen) atoms. The Labute approximate surface area is 85.0 Å². The zero-order chi connectivity index (χ0) is 9.86. The summed E-state index contributed by atoms with van der Waals surface area (Å²) < 4.78 is 11.3. The van der Waals surface area contributed by atoms with Crippen LogP contribution in [0.4, 0.5) is 0 Å². The molecule has 1 saturated carbocycles. The van der Waals surface area contributed by atoms with Crippen molar-refractivity contribution >= 4 is 0 Å². The fourth-order valence-electron chi connectivity index (χ4n) is 2.26. The molecular formula is C11H17NO2. The van der Waals surface area contributed by atoms with E-state index in [2.05, 4.69) is 6.07 Å². The predicted molar refractivity (Wildman–Crippen MR) is 51.5 cm³/mol. The smallest absolute Gasteiger partial charge is 0.159 e. The maximum Gasteiger partial charge on any atom is 0.159 e. The molecule has 0 spiro atoms. The maximum atomic E-state index is 9.12. The summed E-state index contributed by atoms with van der Waals surface area (Å²) in [6.07, 6.45) is 7.09. The highest BCUT2D eigenvalue weighted by Crippen LogP contribution is 2.35. The molecular weight excluding hydrogens is 178 g/mol. The summed E-state index contributed by atoms with van der Waals surface area (Å²) in [6, 6.07) is 2.32. The minimum atomic E-state index is -0.526. The molecule has 3 nitrogen and oxygen atoms in total. The van der Waals surface area contributed by atoms with Crippen molar-refractivity contribution in [1.82, 2.24) is 0 Å². The Kier molecular flexibility index (Phi) is 3.05. The number of hydrogen-bond donors (Lipinski definition) is 0. The van der Waals surface area contributed by atoms with E-state index in [9.17, 15) is 0 Å². The van der Waals surface area contributed by atoms with Gasteiger partial charge in [0.2, 0.25) is 0 Å². The van der Waals surface area contributed by atoms with Crippen LogP contribution in [0.25, 0.3) is 0 Å². The molecule has 0 radical (unpaired) electrons. The first-order valence-electron chi connectivity index (χ1n) is 5.55. The third-order valence-electron chi connectivity index (χ3n) is 3.11. The summed E-state index contributed by atoms with van der Waals surface area (Å²) in [6.45, 7) is 0.784. The van der Waals surface area contributed by atoms with Gasteiger partial charge in [-0.1, -0.05) is 0 Å². The van der Waals surface area contributed by atoms with Crippen LogP contribution in [0, 0.1) is 11.3 Å². The molecule has 0 N–H and O–H groups in total. The van der Waals surface area contributed by atoms with Gasteiger partial charge in [-0.15, -0.1) is 0 Å². The maximum absolute atomic E-state index is 9.12. The molecule has 0 aromatic heterocycles. The first-order chi connectivity index (χ1) is 6.85. The van der Waals surface area contributed by atoms with E-state index in [1.807, 2.05) is 0 Å². The van der Waals surface area contributed by atoms with Crippen molar-refractivity contribution in [2.45, 2.75) is 56.8 Å². The average molecular weight is 195 g/mol. The number of nitrogens with zero attached hydrogens (tertiary/aromatic N) is 1. The Morgan fingerprint density at radius 1 is 1.21 bits per heavy atom. The summed E-state index contributed by atoms with van der Waals surface area (Å²) in [7, 11) is 0. The topological polar surface area (TPSA) is 42.2 Å². The lowest BCUT2D eigenvalue weighted by atomic mass is 10.0. The van der Waals surface area contributed by atoms with Crippen LogP contribution in [0.15, 0.2) is 0 Å². The highest BCUT2D eigenvalue weighted by molar-refractivity contribution is 5.05. The van der Waals surface area contributed by atoms with Gasteiger partial charge in [-0.25, -0.2) is 0 Å². The van der Waals surface area contributed by atoms with Crippen LogP contribution < -0.4 is 0 Å². The molecule has 1 atom stereocenters. The van der Waals surface area contributed by atoms with Gasteiger partial charge in [0.15, 0.2) is 11.9 Å². The molecule has 1 aliphatic carbocycles. The zero-order valence-corrected chi connectivity index (χ0v) is 8.50. The second-order valence-corrected chi connectivity index (χ2v) is 4.23. The van der Waals surface area contributed by atoms with Crippen LogP contribution in [0.5, 0.6) is 0 Å². The molecule has 0 aromatic rings. The third-order valence-corrected chi connectivity index (χ3v) is 3.11. The van der Waals surface area contributed by atoms with E-state index in [1.54, 1.807) is 0 Å². The van der Waals surface area contributed by atoms with Crippen molar-refractivity contribution in [3.63, 3.8) is 0 Å². The lowest BCUT2D eigenvalue weighted by Crippen LogP contribution is -2.35. The Morgan fingerprint density at radius 3 is 2.57 bits per heavy atom. The molecule has 78 valence electrons. The highest BCUT2D eigenvalue weighted by Gasteiger charge is 2.37. The molecule has 0 amide bonds. The van der Waals surface area contributed by atoms with E-state index < -0.39 is 5.60 Å². The second-order valence-electron chi connectivity index (χ2n) is 4.23. The van der Waals surface area contributed by atoms with Gasteiger partial charge in [0.25, 0.3) is 0 Å². The molecule has 1 heterocycles. The minimum Gasteiger partial charge on any atom is -0.353 e. The quantitative estimate of drug-likeness (QED) is 0.679. The fourth-order valence-corrected chi connectivity index (χ4v) is 2.26. The van der Waals surface area contributed by atoms with Crippen molar-refractivity contribution in [2.24, 2.45) is 0 Å². The van der Waals surface area contributed by atoms with E-state index in [0.717, 1.165) is 51.6 Å². The molecule has 0 unspecified atom stereocenters. The van der Waals surface area contributed by atoms with Crippen LogP contribution >= 0.6 is 0 Å². The molecule has 2 rings (SSSR count). The Hall–Kier alpha value is -0.590. The van der Waals surface area contributed by atoms with Crippen LogP contribution in [0.3, 0.4) is 0 Å². The van der Waals surface area contributed by atoms with Crippen molar-refractivity contribution < 1.29 is 9.47 Å². The van der Waals surface area contributed by atoms with Crippen LogP contribution in [0.1, 0.15) is 44.9 Å². The normalized spacial score (nSPS) is 31.2. The van der Waals surface area contributed by atoms with Crippen LogP contribution in [-0.2, 0) is 9.47 Å². The summed E-state index contributed by atoms with van der Waals surface area (Å²) >= 11 is 0. The molecule has 2 aliphatic rings. The lowest BCUT2D eigenvalue weighted by Gasteiger charge is -2.30. The van der Waals surface area contributed by atoms with Crippen LogP contribution in [0.2, 0.25) is 0 Å². The van der Waals surface area contributed by atoms with Gasteiger partial charge in [-0.2, -0.15) is 5.26 Å². The van der Waals surface area contributed by atoms with Crippen molar-refractivity contribution in [1.29, 1.82) is 5.26 Å². The van der Waals surface area contributed by atoms with E-state index in [0.29, 0.717) is 0 Å². The van der Waals surface area contributed by atoms with Gasteiger partial charge < -0.3 is 9.47 Å². The first kappa shape index (κ1) is 9.95. The van der Waals surface area contributed by atoms with Gasteiger partial charge >= 0.3 is 0 Å². The Morgan fingerprint density at radius 2 is 2.00 bits per heavy atom. The fraction of sp³-hybridized carbons (Fsp3) is 0.909. The zero-order valence-electron chi connectivity index (χ0n) is 8.50. The molecule has 0 bridgehead atoms. The number of ether oxygens (including phenoxy) is 2. The number of rotatable bonds is 2. The molecule has 1 aliphatic heterocycles. The number of hydrogen-bond acceptors (Lipinski definition) is 3. The Bertz CT molecular complexity index is 222.